The number of benzene rings is 1. The molecule has 0 aliphatic carbocycles. The number of anilines is 2. The Balaban J connectivity index is 1.93. The van der Waals surface area contributed by atoms with E-state index in [-0.39, 0.29) is 0 Å². The predicted octanol–water partition coefficient (Wildman–Crippen LogP) is 2.78. The molecule has 3 heteroatoms. The van der Waals surface area contributed by atoms with Gasteiger partial charge in [0.05, 0.1) is 0 Å². The Bertz CT molecular complexity index is 563. The van der Waals surface area contributed by atoms with Gasteiger partial charge in [0.25, 0.3) is 0 Å². The van der Waals surface area contributed by atoms with E-state index in [1.165, 1.54) is 16.8 Å². The van der Waals surface area contributed by atoms with Crippen molar-refractivity contribution in [2.24, 2.45) is 0 Å². The second-order valence-electron chi connectivity index (χ2n) is 4.66. The SMILES string of the molecule is Cc1cccc(Nc2cccc3c2CCNC3)n1. The zero-order valence-electron chi connectivity index (χ0n) is 10.5. The van der Waals surface area contributed by atoms with Crippen molar-refractivity contribution in [2.75, 3.05) is 11.9 Å². The summed E-state index contributed by atoms with van der Waals surface area (Å²) in [4.78, 5) is 4.49. The highest BCUT2D eigenvalue weighted by molar-refractivity contribution is 5.63. The molecule has 3 rings (SSSR count). The van der Waals surface area contributed by atoms with E-state index >= 15 is 0 Å². The van der Waals surface area contributed by atoms with Gasteiger partial charge in [-0.1, -0.05) is 18.2 Å². The summed E-state index contributed by atoms with van der Waals surface area (Å²) < 4.78 is 0. The molecule has 1 aliphatic heterocycles. The number of hydrogen-bond acceptors (Lipinski definition) is 3. The third-order valence-electron chi connectivity index (χ3n) is 3.29. The Hall–Kier alpha value is -1.87. The lowest BCUT2D eigenvalue weighted by molar-refractivity contribution is 0.645. The van der Waals surface area contributed by atoms with Gasteiger partial charge in [-0.15, -0.1) is 0 Å². The molecule has 0 saturated carbocycles. The van der Waals surface area contributed by atoms with E-state index < -0.39 is 0 Å². The third-order valence-corrected chi connectivity index (χ3v) is 3.29. The van der Waals surface area contributed by atoms with Crippen LogP contribution in [0, 0.1) is 6.92 Å². The lowest BCUT2D eigenvalue weighted by Crippen LogP contribution is -2.24. The van der Waals surface area contributed by atoms with Crippen molar-refractivity contribution in [2.45, 2.75) is 19.9 Å². The molecule has 0 saturated heterocycles. The molecule has 0 amide bonds. The Morgan fingerprint density at radius 3 is 2.94 bits per heavy atom. The minimum atomic E-state index is 0.918. The number of pyridine rings is 1. The second kappa shape index (κ2) is 4.78. The van der Waals surface area contributed by atoms with E-state index in [1.807, 2.05) is 25.1 Å². The standard InChI is InChI=1S/C15H17N3/c1-11-4-2-7-15(17-11)18-14-6-3-5-12-10-16-9-8-13(12)14/h2-7,16H,8-10H2,1H3,(H,17,18). The summed E-state index contributed by atoms with van der Waals surface area (Å²) in [7, 11) is 0. The first-order chi connectivity index (χ1) is 8.83. The van der Waals surface area contributed by atoms with Gasteiger partial charge in [-0.2, -0.15) is 0 Å². The molecule has 1 aromatic heterocycles. The van der Waals surface area contributed by atoms with Gasteiger partial charge in [-0.05, 0) is 49.2 Å². The minimum absolute atomic E-state index is 0.918. The molecule has 18 heavy (non-hydrogen) atoms. The quantitative estimate of drug-likeness (QED) is 0.846. The summed E-state index contributed by atoms with van der Waals surface area (Å²) in [6.07, 6.45) is 1.07. The first kappa shape index (κ1) is 11.2. The van der Waals surface area contributed by atoms with Crippen LogP contribution < -0.4 is 10.6 Å². The van der Waals surface area contributed by atoms with Gasteiger partial charge in [0, 0.05) is 17.9 Å². The number of hydrogen-bond donors (Lipinski definition) is 2. The van der Waals surface area contributed by atoms with Crippen LogP contribution >= 0.6 is 0 Å². The number of aromatic nitrogens is 1. The van der Waals surface area contributed by atoms with E-state index in [0.717, 1.165) is 31.0 Å². The molecular formula is C15H17N3. The highest BCUT2D eigenvalue weighted by Crippen LogP contribution is 2.25. The van der Waals surface area contributed by atoms with Gasteiger partial charge in [0.1, 0.15) is 5.82 Å². The lowest BCUT2D eigenvalue weighted by atomic mass is 9.99. The molecule has 0 atom stereocenters. The first-order valence-corrected chi connectivity index (χ1v) is 6.35. The van der Waals surface area contributed by atoms with Crippen LogP contribution in [0.25, 0.3) is 0 Å². The maximum atomic E-state index is 4.49. The zero-order chi connectivity index (χ0) is 12.4. The van der Waals surface area contributed by atoms with Gasteiger partial charge < -0.3 is 10.6 Å². The topological polar surface area (TPSA) is 37.0 Å². The summed E-state index contributed by atoms with van der Waals surface area (Å²) in [6.45, 7) is 4.02. The van der Waals surface area contributed by atoms with Crippen LogP contribution in [-0.2, 0) is 13.0 Å². The van der Waals surface area contributed by atoms with Crippen LogP contribution in [0.3, 0.4) is 0 Å². The normalized spacial score (nSPS) is 14.1. The number of aryl methyl sites for hydroxylation is 1. The van der Waals surface area contributed by atoms with Gasteiger partial charge in [-0.3, -0.25) is 0 Å². The lowest BCUT2D eigenvalue weighted by Gasteiger charge is -2.20. The van der Waals surface area contributed by atoms with Gasteiger partial charge >= 0.3 is 0 Å². The van der Waals surface area contributed by atoms with Crippen LogP contribution in [0.5, 0.6) is 0 Å². The molecule has 0 spiro atoms. The molecule has 0 fully saturated rings. The van der Waals surface area contributed by atoms with E-state index in [0.29, 0.717) is 0 Å². The van der Waals surface area contributed by atoms with Crippen molar-refractivity contribution < 1.29 is 0 Å². The van der Waals surface area contributed by atoms with Crippen molar-refractivity contribution in [3.8, 4) is 0 Å². The fourth-order valence-corrected chi connectivity index (χ4v) is 2.40. The van der Waals surface area contributed by atoms with Crippen LogP contribution in [0.15, 0.2) is 36.4 Å². The number of nitrogens with one attached hydrogen (secondary N) is 2. The Morgan fingerprint density at radius 1 is 1.17 bits per heavy atom. The van der Waals surface area contributed by atoms with Crippen molar-refractivity contribution >= 4 is 11.5 Å². The molecule has 1 aromatic carbocycles. The van der Waals surface area contributed by atoms with E-state index in [1.54, 1.807) is 0 Å². The van der Waals surface area contributed by atoms with Gasteiger partial charge in [0.15, 0.2) is 0 Å². The Labute approximate surface area is 107 Å². The molecule has 0 radical (unpaired) electrons. The third kappa shape index (κ3) is 2.22. The van der Waals surface area contributed by atoms with E-state index in [4.69, 9.17) is 0 Å². The molecule has 3 nitrogen and oxygen atoms in total. The highest BCUT2D eigenvalue weighted by Gasteiger charge is 2.12. The molecule has 2 N–H and O–H groups in total. The first-order valence-electron chi connectivity index (χ1n) is 6.35. The number of nitrogens with zero attached hydrogens (tertiary/aromatic N) is 1. The van der Waals surface area contributed by atoms with Crippen LogP contribution in [0.1, 0.15) is 16.8 Å². The molecule has 92 valence electrons. The van der Waals surface area contributed by atoms with E-state index in [9.17, 15) is 0 Å². The molecule has 2 heterocycles. The fraction of sp³-hybridized carbons (Fsp3) is 0.267. The molecule has 2 aromatic rings. The minimum Gasteiger partial charge on any atom is -0.340 e. The summed E-state index contributed by atoms with van der Waals surface area (Å²) in [6, 6.07) is 12.5. The molecule has 0 bridgehead atoms. The van der Waals surface area contributed by atoms with Crippen molar-refractivity contribution in [3.05, 3.63) is 53.2 Å². The zero-order valence-corrected chi connectivity index (χ0v) is 10.5. The van der Waals surface area contributed by atoms with Crippen molar-refractivity contribution in [3.63, 3.8) is 0 Å². The van der Waals surface area contributed by atoms with Crippen LogP contribution in [0.2, 0.25) is 0 Å². The average Bonchev–Trinajstić information content (AvgIpc) is 2.39. The maximum absolute atomic E-state index is 4.49. The predicted molar refractivity (Wildman–Crippen MR) is 74.1 cm³/mol. The Morgan fingerprint density at radius 2 is 2.06 bits per heavy atom. The van der Waals surface area contributed by atoms with Crippen molar-refractivity contribution in [1.82, 2.24) is 10.3 Å². The van der Waals surface area contributed by atoms with Gasteiger partial charge in [0.2, 0.25) is 0 Å². The van der Waals surface area contributed by atoms with Crippen LogP contribution in [0.4, 0.5) is 11.5 Å². The smallest absolute Gasteiger partial charge is 0.130 e. The number of rotatable bonds is 2. The summed E-state index contributed by atoms with van der Waals surface area (Å²) >= 11 is 0. The molecule has 0 unspecified atom stereocenters. The largest absolute Gasteiger partial charge is 0.340 e. The average molecular weight is 239 g/mol. The van der Waals surface area contributed by atoms with Crippen molar-refractivity contribution in [1.29, 1.82) is 0 Å². The van der Waals surface area contributed by atoms with Gasteiger partial charge in [-0.25, -0.2) is 4.98 Å². The van der Waals surface area contributed by atoms with Crippen LogP contribution in [-0.4, -0.2) is 11.5 Å². The molecular weight excluding hydrogens is 222 g/mol. The number of fused-ring (bicyclic) bond motifs is 1. The maximum Gasteiger partial charge on any atom is 0.130 e. The van der Waals surface area contributed by atoms with E-state index in [2.05, 4.69) is 33.8 Å². The Kier molecular flexibility index (Phi) is 2.99. The highest BCUT2D eigenvalue weighted by atomic mass is 15.0. The fourth-order valence-electron chi connectivity index (χ4n) is 2.40. The second-order valence-corrected chi connectivity index (χ2v) is 4.66. The molecule has 1 aliphatic rings. The summed E-state index contributed by atoms with van der Waals surface area (Å²) in [5.74, 6) is 0.918. The summed E-state index contributed by atoms with van der Waals surface area (Å²) in [5.41, 5.74) is 5.03. The monoisotopic (exact) mass is 239 g/mol. The summed E-state index contributed by atoms with van der Waals surface area (Å²) in [5, 5.41) is 6.83.